The Labute approximate surface area is 112 Å². The summed E-state index contributed by atoms with van der Waals surface area (Å²) in [4.78, 5) is 4.11. The lowest BCUT2D eigenvalue weighted by atomic mass is 9.83. The molecule has 0 aliphatic heterocycles. The first-order chi connectivity index (χ1) is 8.72. The van der Waals surface area contributed by atoms with Crippen LogP contribution in [0.15, 0.2) is 29.3 Å². The Balaban J connectivity index is 2.82. The third-order valence-electron chi connectivity index (χ3n) is 3.53. The van der Waals surface area contributed by atoms with Crippen LogP contribution in [0, 0.1) is 12.8 Å². The van der Waals surface area contributed by atoms with Crippen LogP contribution in [-0.4, -0.2) is 26.4 Å². The van der Waals surface area contributed by atoms with Gasteiger partial charge in [0.25, 0.3) is 0 Å². The minimum absolute atomic E-state index is 0.537. The van der Waals surface area contributed by atoms with Gasteiger partial charge in [0, 0.05) is 13.1 Å². The van der Waals surface area contributed by atoms with Crippen LogP contribution in [0.1, 0.15) is 37.3 Å². The molecule has 100 valence electrons. The standard InChI is InChI=1S/C16H26N2/c1-5-16(14-9-7-13(3)8-10-14)15(11-17-4)12-18-6-2/h7-10,15-16,18H,4-6,11-12H2,1-3H3. The lowest BCUT2D eigenvalue weighted by Gasteiger charge is -2.25. The minimum Gasteiger partial charge on any atom is -0.317 e. The number of nitrogens with one attached hydrogen (secondary N) is 1. The van der Waals surface area contributed by atoms with Gasteiger partial charge in [-0.3, -0.25) is 0 Å². The van der Waals surface area contributed by atoms with Crippen molar-refractivity contribution in [3.8, 4) is 0 Å². The number of benzene rings is 1. The Bertz CT molecular complexity index is 343. The van der Waals surface area contributed by atoms with E-state index in [-0.39, 0.29) is 0 Å². The van der Waals surface area contributed by atoms with Gasteiger partial charge in [-0.15, -0.1) is 0 Å². The van der Waals surface area contributed by atoms with Crippen LogP contribution >= 0.6 is 0 Å². The zero-order valence-corrected chi connectivity index (χ0v) is 11.9. The molecule has 0 heterocycles. The molecule has 2 unspecified atom stereocenters. The molecular formula is C16H26N2. The number of hydrogen-bond acceptors (Lipinski definition) is 2. The third-order valence-corrected chi connectivity index (χ3v) is 3.53. The molecule has 0 saturated heterocycles. The van der Waals surface area contributed by atoms with Crippen LogP contribution in [-0.2, 0) is 0 Å². The first-order valence-electron chi connectivity index (χ1n) is 6.92. The minimum atomic E-state index is 0.537. The average Bonchev–Trinajstić information content (AvgIpc) is 2.39. The van der Waals surface area contributed by atoms with Crippen molar-refractivity contribution in [2.75, 3.05) is 19.6 Å². The molecule has 0 bridgehead atoms. The quantitative estimate of drug-likeness (QED) is 0.698. The lowest BCUT2D eigenvalue weighted by molar-refractivity contribution is 0.400. The fourth-order valence-electron chi connectivity index (χ4n) is 2.48. The van der Waals surface area contributed by atoms with Crippen molar-refractivity contribution >= 4 is 6.72 Å². The van der Waals surface area contributed by atoms with E-state index in [9.17, 15) is 0 Å². The van der Waals surface area contributed by atoms with Crippen molar-refractivity contribution in [3.63, 3.8) is 0 Å². The highest BCUT2D eigenvalue weighted by Gasteiger charge is 2.20. The average molecular weight is 246 g/mol. The number of hydrogen-bond donors (Lipinski definition) is 1. The van der Waals surface area contributed by atoms with Gasteiger partial charge in [0.15, 0.2) is 0 Å². The van der Waals surface area contributed by atoms with Gasteiger partial charge in [0.05, 0.1) is 0 Å². The van der Waals surface area contributed by atoms with Crippen molar-refractivity contribution < 1.29 is 0 Å². The summed E-state index contributed by atoms with van der Waals surface area (Å²) in [7, 11) is 0. The second-order valence-corrected chi connectivity index (χ2v) is 4.90. The van der Waals surface area contributed by atoms with E-state index in [0.29, 0.717) is 11.8 Å². The van der Waals surface area contributed by atoms with E-state index in [0.717, 1.165) is 26.1 Å². The number of rotatable bonds is 8. The molecule has 1 aromatic carbocycles. The van der Waals surface area contributed by atoms with Gasteiger partial charge in [0.2, 0.25) is 0 Å². The molecule has 0 aliphatic carbocycles. The first-order valence-corrected chi connectivity index (χ1v) is 6.92. The van der Waals surface area contributed by atoms with Gasteiger partial charge in [-0.1, -0.05) is 43.7 Å². The van der Waals surface area contributed by atoms with Gasteiger partial charge in [-0.05, 0) is 44.0 Å². The number of aryl methyl sites for hydroxylation is 1. The maximum absolute atomic E-state index is 4.11. The molecular weight excluding hydrogens is 220 g/mol. The summed E-state index contributed by atoms with van der Waals surface area (Å²) >= 11 is 0. The summed E-state index contributed by atoms with van der Waals surface area (Å²) in [5.41, 5.74) is 2.74. The van der Waals surface area contributed by atoms with Crippen molar-refractivity contribution in [2.45, 2.75) is 33.1 Å². The fourth-order valence-corrected chi connectivity index (χ4v) is 2.48. The summed E-state index contributed by atoms with van der Waals surface area (Å²) in [6, 6.07) is 8.91. The first kappa shape index (κ1) is 14.9. The molecule has 1 aromatic rings. The largest absolute Gasteiger partial charge is 0.317 e. The van der Waals surface area contributed by atoms with E-state index in [2.05, 4.69) is 62.1 Å². The van der Waals surface area contributed by atoms with Crippen molar-refractivity contribution in [3.05, 3.63) is 35.4 Å². The normalized spacial score (nSPS) is 14.2. The van der Waals surface area contributed by atoms with Crippen LogP contribution < -0.4 is 5.32 Å². The molecule has 1 N–H and O–H groups in total. The van der Waals surface area contributed by atoms with E-state index in [4.69, 9.17) is 0 Å². The SMILES string of the molecule is C=NCC(CNCC)C(CC)c1ccc(C)cc1. The van der Waals surface area contributed by atoms with Crippen molar-refractivity contribution in [1.82, 2.24) is 5.32 Å². The topological polar surface area (TPSA) is 24.4 Å². The summed E-state index contributed by atoms with van der Waals surface area (Å²) < 4.78 is 0. The van der Waals surface area contributed by atoms with Gasteiger partial charge < -0.3 is 10.3 Å². The van der Waals surface area contributed by atoms with E-state index in [1.807, 2.05) is 0 Å². The predicted molar refractivity (Wildman–Crippen MR) is 80.7 cm³/mol. The molecule has 0 saturated carbocycles. The highest BCUT2D eigenvalue weighted by atomic mass is 14.9. The van der Waals surface area contributed by atoms with Gasteiger partial charge in [0.1, 0.15) is 0 Å². The van der Waals surface area contributed by atoms with E-state index >= 15 is 0 Å². The summed E-state index contributed by atoms with van der Waals surface area (Å²) in [5.74, 6) is 1.10. The van der Waals surface area contributed by atoms with Crippen molar-refractivity contribution in [2.24, 2.45) is 10.9 Å². The summed E-state index contributed by atoms with van der Waals surface area (Å²) in [5, 5.41) is 3.44. The van der Waals surface area contributed by atoms with Crippen LogP contribution in [0.4, 0.5) is 0 Å². The third kappa shape index (κ3) is 4.26. The molecule has 2 atom stereocenters. The van der Waals surface area contributed by atoms with E-state index in [1.54, 1.807) is 0 Å². The zero-order valence-electron chi connectivity index (χ0n) is 11.9. The van der Waals surface area contributed by atoms with Gasteiger partial charge in [-0.25, -0.2) is 0 Å². The van der Waals surface area contributed by atoms with Crippen molar-refractivity contribution in [1.29, 1.82) is 0 Å². The molecule has 0 fully saturated rings. The van der Waals surface area contributed by atoms with Crippen LogP contribution in [0.25, 0.3) is 0 Å². The molecule has 2 nitrogen and oxygen atoms in total. The monoisotopic (exact) mass is 246 g/mol. The van der Waals surface area contributed by atoms with Crippen LogP contribution in [0.2, 0.25) is 0 Å². The van der Waals surface area contributed by atoms with Crippen LogP contribution in [0.3, 0.4) is 0 Å². The van der Waals surface area contributed by atoms with Crippen LogP contribution in [0.5, 0.6) is 0 Å². The zero-order chi connectivity index (χ0) is 13.4. The molecule has 0 radical (unpaired) electrons. The Morgan fingerprint density at radius 3 is 2.39 bits per heavy atom. The highest BCUT2D eigenvalue weighted by molar-refractivity contribution is 5.26. The molecule has 0 amide bonds. The molecule has 0 spiro atoms. The Morgan fingerprint density at radius 2 is 1.89 bits per heavy atom. The summed E-state index contributed by atoms with van der Waals surface area (Å²) in [6.07, 6.45) is 1.15. The second-order valence-electron chi connectivity index (χ2n) is 4.90. The molecule has 18 heavy (non-hydrogen) atoms. The second kappa shape index (κ2) is 8.04. The van der Waals surface area contributed by atoms with E-state index < -0.39 is 0 Å². The summed E-state index contributed by atoms with van der Waals surface area (Å²) in [6.45, 7) is 13.0. The van der Waals surface area contributed by atoms with E-state index in [1.165, 1.54) is 11.1 Å². The molecule has 0 aliphatic rings. The maximum atomic E-state index is 4.11. The molecule has 2 heteroatoms. The molecule has 0 aromatic heterocycles. The van der Waals surface area contributed by atoms with Gasteiger partial charge >= 0.3 is 0 Å². The Morgan fingerprint density at radius 1 is 1.22 bits per heavy atom. The highest BCUT2D eigenvalue weighted by Crippen LogP contribution is 2.28. The van der Waals surface area contributed by atoms with Gasteiger partial charge in [-0.2, -0.15) is 0 Å². The Hall–Kier alpha value is -1.15. The lowest BCUT2D eigenvalue weighted by Crippen LogP contribution is -2.29. The Kier molecular flexibility index (Phi) is 6.66. The number of nitrogens with zero attached hydrogens (tertiary/aromatic N) is 1. The maximum Gasteiger partial charge on any atom is 0.0428 e. The fraction of sp³-hybridized carbons (Fsp3) is 0.562. The number of aliphatic imine (C=N–C) groups is 1. The predicted octanol–water partition coefficient (Wildman–Crippen LogP) is 3.41. The smallest absolute Gasteiger partial charge is 0.0428 e. The molecule has 1 rings (SSSR count).